The van der Waals surface area contributed by atoms with E-state index in [-0.39, 0.29) is 0 Å². The van der Waals surface area contributed by atoms with E-state index in [1.165, 1.54) is 0 Å². The summed E-state index contributed by atoms with van der Waals surface area (Å²) in [6.07, 6.45) is 0. The molecule has 38 heteroatoms. The van der Waals surface area contributed by atoms with Crippen molar-refractivity contribution in [1.29, 1.82) is 0 Å². The monoisotopic (exact) mass is 1610 g/mol. The Balaban J connectivity index is 0. The van der Waals surface area contributed by atoms with E-state index >= 15 is 0 Å². The normalized spacial score (nSPS) is 15.9. The maximum absolute atomic E-state index is 7.52. The molecule has 0 aromatic rings. The maximum Gasteiger partial charge on any atom is 0.636 e. The standard InChI is InChI=1S/C32H92O10Si13.C18H54O7Si8/c1-43(2,3)33-53(34-44(4,5)6,35-45(7,8)9)31-29-51(25,26)41-55(39-49(19,20)21,40-50(22,23)24)42-52(27,28)30-32-54(36-46(10,11)12,37-47(13,14)15)38-48(16,17)18;1-26(2,3)19-28(7,8)21-30(11,12)23-32(15,16)25-33(17,18)24-31(13,14)22-29(9,10)20-27(4,5)6/h29-32H2,1-28H3;1-18H3. The van der Waals surface area contributed by atoms with Crippen LogP contribution >= 0.6 is 0 Å². The zero-order chi connectivity index (χ0) is 71.3. The van der Waals surface area contributed by atoms with Gasteiger partial charge in [0.1, 0.15) is 0 Å². The first-order chi connectivity index (χ1) is 37.4. The number of hydrogen-bond acceptors (Lipinski definition) is 17. The van der Waals surface area contributed by atoms with Crippen molar-refractivity contribution in [2.45, 2.75) is 325 Å². The van der Waals surface area contributed by atoms with Crippen molar-refractivity contribution < 1.29 is 70.0 Å². The fraction of sp³-hybridized carbons (Fsp3) is 1.00. The highest BCUT2D eigenvalue weighted by Crippen LogP contribution is 2.39. The smallest absolute Gasteiger partial charge is 0.437 e. The van der Waals surface area contributed by atoms with Crippen LogP contribution in [-0.4, -0.2) is 178 Å². The molecule has 17 nitrogen and oxygen atoms in total. The van der Waals surface area contributed by atoms with Gasteiger partial charge < -0.3 is 70.0 Å². The molecule has 0 rings (SSSR count). The van der Waals surface area contributed by atoms with E-state index in [1.807, 2.05) is 0 Å². The molecule has 0 N–H and O–H groups in total. The molecule has 0 amide bonds. The fourth-order valence-corrected chi connectivity index (χ4v) is 99.9. The van der Waals surface area contributed by atoms with Crippen LogP contribution in [-0.2, 0) is 70.0 Å². The Morgan fingerprint density at radius 2 is 0.273 bits per heavy atom. The third-order valence-electron chi connectivity index (χ3n) is 10.1. The molecule has 0 atom stereocenters. The van der Waals surface area contributed by atoms with Crippen molar-refractivity contribution in [3.8, 4) is 0 Å². The number of rotatable bonds is 40. The molecular formula is C50H146O17Si21. The highest BCUT2D eigenvalue weighted by atomic mass is 28.6. The minimum Gasteiger partial charge on any atom is -0.437 e. The Bertz CT molecular complexity index is 1880. The Morgan fingerprint density at radius 3 is 0.409 bits per heavy atom. The molecule has 0 aliphatic heterocycles. The van der Waals surface area contributed by atoms with Crippen LogP contribution in [0.5, 0.6) is 0 Å². The molecule has 0 saturated carbocycles. The van der Waals surface area contributed by atoms with Gasteiger partial charge >= 0.3 is 78.0 Å². The summed E-state index contributed by atoms with van der Waals surface area (Å²) in [5.41, 5.74) is 0. The molecule has 0 aromatic heterocycles. The van der Waals surface area contributed by atoms with Crippen molar-refractivity contribution in [1.82, 2.24) is 0 Å². The Morgan fingerprint density at radius 1 is 0.136 bits per heavy atom. The molecule has 0 spiro atoms. The first kappa shape index (κ1) is 93.9. The van der Waals surface area contributed by atoms with Gasteiger partial charge in [-0.1, -0.05) is 0 Å². The summed E-state index contributed by atoms with van der Waals surface area (Å²) in [5, 5.41) is 0. The van der Waals surface area contributed by atoms with Crippen LogP contribution in [0.3, 0.4) is 0 Å². The lowest BCUT2D eigenvalue weighted by Gasteiger charge is -2.47. The van der Waals surface area contributed by atoms with Gasteiger partial charge in [-0.25, -0.2) is 0 Å². The average molecular weight is 1610 g/mol. The molecule has 0 fully saturated rings. The summed E-state index contributed by atoms with van der Waals surface area (Å²) in [5.74, 6) is 0. The number of hydrogen-bond donors (Lipinski definition) is 0. The topological polar surface area (TPSA) is 157 Å². The molecule has 532 valence electrons. The summed E-state index contributed by atoms with van der Waals surface area (Å²) in [6, 6.07) is 3.00. The van der Waals surface area contributed by atoms with Crippen molar-refractivity contribution >= 4 is 178 Å². The molecule has 0 aliphatic carbocycles. The van der Waals surface area contributed by atoms with Crippen molar-refractivity contribution in [2.75, 3.05) is 0 Å². The molecular weight excluding hydrogens is 1460 g/mol. The largest absolute Gasteiger partial charge is 0.636 e. The van der Waals surface area contributed by atoms with Gasteiger partial charge in [0.15, 0.2) is 99.8 Å². The van der Waals surface area contributed by atoms with Crippen LogP contribution in [0.1, 0.15) is 0 Å². The molecule has 0 heterocycles. The molecule has 0 bridgehead atoms. The van der Waals surface area contributed by atoms with E-state index in [1.54, 1.807) is 0 Å². The second kappa shape index (κ2) is 32.2. The first-order valence-electron chi connectivity index (χ1n) is 32.4. The van der Waals surface area contributed by atoms with E-state index in [2.05, 4.69) is 301 Å². The predicted molar refractivity (Wildman–Crippen MR) is 428 cm³/mol. The van der Waals surface area contributed by atoms with Gasteiger partial charge in [-0.05, 0) is 313 Å². The molecule has 0 radical (unpaired) electrons. The first-order valence-corrected chi connectivity index (χ1v) is 95.1. The second-order valence-electron chi connectivity index (χ2n) is 37.6. The predicted octanol–water partition coefficient (Wildman–Crippen LogP) is 19.5. The lowest BCUT2D eigenvalue weighted by molar-refractivity contribution is 0.146. The van der Waals surface area contributed by atoms with E-state index < -0.39 is 178 Å². The van der Waals surface area contributed by atoms with Crippen LogP contribution in [0, 0.1) is 0 Å². The summed E-state index contributed by atoms with van der Waals surface area (Å²) >= 11 is 0. The van der Waals surface area contributed by atoms with E-state index in [9.17, 15) is 0 Å². The zero-order valence-corrected chi connectivity index (χ0v) is 87.3. The van der Waals surface area contributed by atoms with Crippen molar-refractivity contribution in [3.63, 3.8) is 0 Å². The summed E-state index contributed by atoms with van der Waals surface area (Å²) in [4.78, 5) is 0. The summed E-state index contributed by atoms with van der Waals surface area (Å²) in [7, 11) is -49.7. The average Bonchev–Trinajstić information content (AvgIpc) is 3.01. The van der Waals surface area contributed by atoms with Crippen LogP contribution in [0.2, 0.25) is 325 Å². The molecule has 0 aromatic carbocycles. The van der Waals surface area contributed by atoms with E-state index in [4.69, 9.17) is 70.0 Å². The summed E-state index contributed by atoms with van der Waals surface area (Å²) in [6.45, 7) is 101. The molecule has 0 unspecified atom stereocenters. The van der Waals surface area contributed by atoms with Crippen LogP contribution < -0.4 is 0 Å². The lowest BCUT2D eigenvalue weighted by atomic mass is 10.9. The highest BCUT2D eigenvalue weighted by molar-refractivity contribution is 6.96. The van der Waals surface area contributed by atoms with Gasteiger partial charge in [-0.3, -0.25) is 0 Å². The van der Waals surface area contributed by atoms with E-state index in [0.29, 0.717) is 12.1 Å². The minimum atomic E-state index is -3.73. The maximum atomic E-state index is 7.52. The quantitative estimate of drug-likeness (QED) is 0.0533. The van der Waals surface area contributed by atoms with Crippen molar-refractivity contribution in [2.24, 2.45) is 0 Å². The Labute approximate surface area is 568 Å². The van der Waals surface area contributed by atoms with E-state index in [0.717, 1.165) is 12.1 Å². The Hall–Kier alpha value is 3.87. The molecule has 0 saturated heterocycles. The van der Waals surface area contributed by atoms with Gasteiger partial charge in [-0.15, -0.1) is 0 Å². The van der Waals surface area contributed by atoms with Gasteiger partial charge in [0.2, 0.25) is 0 Å². The Kier molecular flexibility index (Phi) is 34.4. The highest BCUT2D eigenvalue weighted by Gasteiger charge is 2.60. The minimum absolute atomic E-state index is 0.709. The molecule has 88 heavy (non-hydrogen) atoms. The zero-order valence-electron chi connectivity index (χ0n) is 66.3. The lowest BCUT2D eigenvalue weighted by Crippen LogP contribution is -2.67. The SMILES string of the molecule is C[Si](C)(C)O[Si](C)(C)O[Si](C)(C)O[Si](C)(C)O[Si](C)(C)O[Si](C)(C)O[Si](C)(C)O[Si](C)(C)C.C[Si](C)(C)O[Si](CC[Si](C)(C)O[Si](O[Si](C)(C)C)(O[Si](C)(C)C)O[Si](C)(C)CC[Si](O[Si](C)(C)C)(O[Si](C)(C)C)O[Si](C)(C)C)(O[Si](C)(C)C)O[Si](C)(C)C. The fourth-order valence-electron chi connectivity index (χ4n) is 10.4. The van der Waals surface area contributed by atoms with Gasteiger partial charge in [-0.2, -0.15) is 0 Å². The van der Waals surface area contributed by atoms with Crippen LogP contribution in [0.15, 0.2) is 0 Å². The summed E-state index contributed by atoms with van der Waals surface area (Å²) < 4.78 is 118. The van der Waals surface area contributed by atoms with Crippen LogP contribution in [0.4, 0.5) is 0 Å². The van der Waals surface area contributed by atoms with Gasteiger partial charge in [0, 0.05) is 12.1 Å². The van der Waals surface area contributed by atoms with Gasteiger partial charge in [0.25, 0.3) is 0 Å². The van der Waals surface area contributed by atoms with Gasteiger partial charge in [0.05, 0.1) is 0 Å². The molecule has 0 aliphatic rings. The van der Waals surface area contributed by atoms with Crippen molar-refractivity contribution in [3.05, 3.63) is 0 Å². The third kappa shape index (κ3) is 49.4. The second-order valence-corrected chi connectivity index (χ2v) is 123. The van der Waals surface area contributed by atoms with Crippen LogP contribution in [0.25, 0.3) is 0 Å². The third-order valence-corrected chi connectivity index (χ3v) is 79.7.